The Morgan fingerprint density at radius 2 is 1.58 bits per heavy atom. The van der Waals surface area contributed by atoms with Gasteiger partial charge in [-0.3, -0.25) is 28.0 Å². The van der Waals surface area contributed by atoms with Gasteiger partial charge in [-0.1, -0.05) is 0 Å². The van der Waals surface area contributed by atoms with E-state index in [0.717, 1.165) is 20.2 Å². The Morgan fingerprint density at radius 1 is 0.940 bits per heavy atom. The molecule has 50 heavy (non-hydrogen) atoms. The summed E-state index contributed by atoms with van der Waals surface area (Å²) in [6.45, 7) is 1.61. The molecule has 2 fully saturated rings. The molecular weight excluding hydrogens is 714 g/mol. The predicted octanol–water partition coefficient (Wildman–Crippen LogP) is -0.771. The Labute approximate surface area is 281 Å². The van der Waals surface area contributed by atoms with Crippen molar-refractivity contribution in [1.82, 2.24) is 19.5 Å². The maximum atomic E-state index is 12.8. The zero-order chi connectivity index (χ0) is 36.5. The van der Waals surface area contributed by atoms with E-state index in [0.29, 0.717) is 0 Å². The van der Waals surface area contributed by atoms with E-state index in [1.165, 1.54) is 46.9 Å². The molecule has 6 N–H and O–H groups in total. The normalized spacial score (nSPS) is 28.9. The van der Waals surface area contributed by atoms with Gasteiger partial charge in [0.25, 0.3) is 6.23 Å². The Balaban J connectivity index is 1.25. The van der Waals surface area contributed by atoms with Crippen LogP contribution in [0.25, 0.3) is 11.2 Å². The quantitative estimate of drug-likeness (QED) is 0.0620. The molecule has 24 heteroatoms. The highest BCUT2D eigenvalue weighted by atomic mass is 31.3. The van der Waals surface area contributed by atoms with E-state index >= 15 is 0 Å². The lowest BCUT2D eigenvalue weighted by Crippen LogP contribution is -2.46. The number of nitrogen functional groups attached to an aromatic ring is 1. The number of Topliss-reactive ketones (excluding diaryl/α,β-unsaturated/α-hetero) is 1. The Hall–Kier alpha value is -3.79. The van der Waals surface area contributed by atoms with Gasteiger partial charge >= 0.3 is 27.6 Å². The summed E-state index contributed by atoms with van der Waals surface area (Å²) in [5.74, 6) is -1.92. The third-order valence-corrected chi connectivity index (χ3v) is 10.0. The lowest BCUT2D eigenvalue weighted by Gasteiger charge is -2.24. The molecule has 0 aromatic carbocycles. The number of aromatic nitrogens is 5. The van der Waals surface area contributed by atoms with Crippen LogP contribution in [0.3, 0.4) is 0 Å². The maximum Gasteiger partial charge on any atom is 0.481 e. The number of phosphoric acid groups is 2. The number of rotatable bonds is 13. The molecule has 4 unspecified atom stereocenters. The van der Waals surface area contributed by atoms with Crippen LogP contribution in [-0.4, -0.2) is 107 Å². The van der Waals surface area contributed by atoms with Crippen molar-refractivity contribution < 1.29 is 80.4 Å². The number of pyridine rings is 1. The molecule has 10 atom stereocenters. The molecule has 22 nitrogen and oxygen atoms in total. The van der Waals surface area contributed by atoms with Crippen molar-refractivity contribution in [3.05, 3.63) is 42.7 Å². The first-order chi connectivity index (χ1) is 23.5. The minimum absolute atomic E-state index is 0.0181. The van der Waals surface area contributed by atoms with Gasteiger partial charge in [-0.15, -0.1) is 0 Å². The van der Waals surface area contributed by atoms with E-state index in [2.05, 4.69) is 19.3 Å². The number of aliphatic hydroxyl groups is 2. The number of nitrogens with two attached hydrogens (primary N) is 1. The molecule has 3 aromatic heterocycles. The second kappa shape index (κ2) is 14.8. The number of hydrogen-bond donors (Lipinski definition) is 5. The SMILES string of the molecule is CC(=O)OC1[C@@H](COP(=O)(O)OP(=O)(O)OC[C@H]2O[C@@H]([n+]3cccc(C(C)=O)c3)[C@@H](O)C2O)O[C@@H](n2cnc3c(N)ncnc32)[C@H]1OC(C)=O. The first kappa shape index (κ1) is 37.5. The highest BCUT2D eigenvalue weighted by molar-refractivity contribution is 7.61. The van der Waals surface area contributed by atoms with E-state index in [9.17, 15) is 43.5 Å². The largest absolute Gasteiger partial charge is 0.481 e. The number of carbonyl (C=O) groups is 3. The van der Waals surface area contributed by atoms with Crippen molar-refractivity contribution >= 4 is 50.3 Å². The molecule has 5 rings (SSSR count). The Kier molecular flexibility index (Phi) is 11.1. The number of phosphoric ester groups is 2. The van der Waals surface area contributed by atoms with Crippen LogP contribution >= 0.6 is 15.6 Å². The molecule has 2 aliphatic rings. The highest BCUT2D eigenvalue weighted by Crippen LogP contribution is 2.61. The molecule has 0 saturated carbocycles. The summed E-state index contributed by atoms with van der Waals surface area (Å²) >= 11 is 0. The van der Waals surface area contributed by atoms with Crippen LogP contribution in [0, 0.1) is 0 Å². The van der Waals surface area contributed by atoms with Crippen LogP contribution in [0.5, 0.6) is 0 Å². The van der Waals surface area contributed by atoms with Gasteiger partial charge in [0.05, 0.1) is 25.1 Å². The first-order valence-corrected chi connectivity index (χ1v) is 17.6. The van der Waals surface area contributed by atoms with E-state index in [1.807, 2.05) is 0 Å². The molecule has 2 aliphatic heterocycles. The van der Waals surface area contributed by atoms with Gasteiger partial charge in [-0.05, 0) is 13.0 Å². The van der Waals surface area contributed by atoms with Crippen LogP contribution in [0.2, 0.25) is 0 Å². The monoisotopic (exact) mass is 747 g/mol. The Morgan fingerprint density at radius 3 is 2.22 bits per heavy atom. The minimum atomic E-state index is -5.47. The fraction of sp³-hybridized carbons (Fsp3) is 0.500. The van der Waals surface area contributed by atoms with Gasteiger partial charge < -0.3 is 44.7 Å². The van der Waals surface area contributed by atoms with E-state index in [4.69, 9.17) is 33.7 Å². The van der Waals surface area contributed by atoms with Crippen molar-refractivity contribution in [3.8, 4) is 0 Å². The second-order valence-electron chi connectivity index (χ2n) is 11.0. The summed E-state index contributed by atoms with van der Waals surface area (Å²) in [6, 6.07) is 3.02. The number of carbonyl (C=O) groups excluding carboxylic acids is 3. The molecule has 0 aliphatic carbocycles. The highest BCUT2D eigenvalue weighted by Gasteiger charge is 2.52. The van der Waals surface area contributed by atoms with Crippen molar-refractivity contribution in [1.29, 1.82) is 0 Å². The fourth-order valence-electron chi connectivity index (χ4n) is 5.26. The van der Waals surface area contributed by atoms with Crippen LogP contribution in [0.15, 0.2) is 37.2 Å². The van der Waals surface area contributed by atoms with Crippen LogP contribution in [0.4, 0.5) is 5.82 Å². The number of aliphatic hydroxyl groups excluding tert-OH is 2. The third kappa shape index (κ3) is 8.39. The van der Waals surface area contributed by atoms with E-state index in [1.54, 1.807) is 0 Å². The van der Waals surface area contributed by atoms with E-state index in [-0.39, 0.29) is 28.3 Å². The first-order valence-electron chi connectivity index (χ1n) is 14.6. The molecule has 272 valence electrons. The van der Waals surface area contributed by atoms with Crippen LogP contribution < -0.4 is 10.3 Å². The van der Waals surface area contributed by atoms with Crippen molar-refractivity contribution in [2.45, 2.75) is 69.9 Å². The van der Waals surface area contributed by atoms with Crippen LogP contribution in [-0.2, 0) is 51.0 Å². The average Bonchev–Trinajstić information content (AvgIpc) is 3.69. The number of ether oxygens (including phenoxy) is 4. The van der Waals surface area contributed by atoms with Crippen molar-refractivity contribution in [2.75, 3.05) is 18.9 Å². The number of nitrogens with zero attached hydrogens (tertiary/aromatic N) is 5. The molecular formula is C26H33N6O16P2+. The van der Waals surface area contributed by atoms with Gasteiger partial charge in [0.1, 0.15) is 30.2 Å². The summed E-state index contributed by atoms with van der Waals surface area (Å²) in [5.41, 5.74) is 6.43. The zero-order valence-corrected chi connectivity index (χ0v) is 28.2. The summed E-state index contributed by atoms with van der Waals surface area (Å²) in [5, 5.41) is 20.9. The van der Waals surface area contributed by atoms with E-state index < -0.39 is 89.9 Å². The van der Waals surface area contributed by atoms with Crippen LogP contribution in [0.1, 0.15) is 43.6 Å². The van der Waals surface area contributed by atoms with Gasteiger partial charge in [0, 0.05) is 19.9 Å². The molecule has 0 radical (unpaired) electrons. The minimum Gasteiger partial charge on any atom is -0.456 e. The van der Waals surface area contributed by atoms with Gasteiger partial charge in [0.2, 0.25) is 0 Å². The summed E-state index contributed by atoms with van der Waals surface area (Å²) in [4.78, 5) is 68.3. The number of imidazole rings is 1. The second-order valence-corrected chi connectivity index (χ2v) is 14.1. The molecule has 3 aromatic rings. The van der Waals surface area contributed by atoms with Gasteiger partial charge in [0.15, 0.2) is 54.2 Å². The number of anilines is 1. The summed E-state index contributed by atoms with van der Waals surface area (Å²) < 4.78 is 64.2. The third-order valence-electron chi connectivity index (χ3n) is 7.42. The number of fused-ring (bicyclic) bond motifs is 1. The average molecular weight is 748 g/mol. The smallest absolute Gasteiger partial charge is 0.456 e. The summed E-state index contributed by atoms with van der Waals surface area (Å²) in [7, 11) is -10.9. The molecule has 0 bridgehead atoms. The van der Waals surface area contributed by atoms with Gasteiger partial charge in [-0.2, -0.15) is 8.88 Å². The lowest BCUT2D eigenvalue weighted by atomic mass is 10.1. The number of ketones is 1. The molecule has 0 amide bonds. The van der Waals surface area contributed by atoms with Crippen molar-refractivity contribution in [3.63, 3.8) is 0 Å². The fourth-order valence-corrected chi connectivity index (χ4v) is 7.35. The maximum absolute atomic E-state index is 12.8. The predicted molar refractivity (Wildman–Crippen MR) is 160 cm³/mol. The molecule has 2 saturated heterocycles. The zero-order valence-electron chi connectivity index (χ0n) is 26.4. The topological polar surface area (TPSA) is 304 Å². The van der Waals surface area contributed by atoms with Gasteiger partial charge in [-0.25, -0.2) is 24.1 Å². The lowest BCUT2D eigenvalue weighted by molar-refractivity contribution is -0.765. The summed E-state index contributed by atoms with van der Waals surface area (Å²) in [6.07, 6.45) is -6.29. The number of hydrogen-bond acceptors (Lipinski definition) is 18. The van der Waals surface area contributed by atoms with Crippen molar-refractivity contribution in [2.24, 2.45) is 0 Å². The standard InChI is InChI=1S/C26H32N6O16P2/c1-12(33)15-5-4-6-31(7-15)25-20(37)19(36)16(46-25)8-42-49(38,39)48-50(40,41)43-9-17-21(44-13(2)34)22(45-14(3)35)26(47-17)32-11-30-18-23(27)28-10-29-24(18)32/h4-7,10-11,16-17,19-22,25-26,36-37H,8-9H2,1-3H3,(H3-,27,28,29,38,39,40,41)/p+1/t16-,17-,19?,20+,21?,22+,25-,26-/m1/s1. The Bertz CT molecular complexity index is 1860. The molecule has 5 heterocycles. The molecule has 0 spiro atoms. The number of esters is 2.